The maximum absolute atomic E-state index is 4.28. The first-order valence-corrected chi connectivity index (χ1v) is 7.32. The molecule has 2 rings (SSSR count). The highest BCUT2D eigenvalue weighted by atomic mass is 79.9. The normalized spacial score (nSPS) is 14.3. The molecule has 0 saturated carbocycles. The monoisotopic (exact) mass is 322 g/mol. The molecule has 102 valence electrons. The third kappa shape index (κ3) is 4.14. The average Bonchev–Trinajstić information content (AvgIpc) is 2.82. The Morgan fingerprint density at radius 3 is 2.68 bits per heavy atom. The van der Waals surface area contributed by atoms with E-state index in [9.17, 15) is 0 Å². The van der Waals surface area contributed by atoms with Crippen molar-refractivity contribution in [3.63, 3.8) is 0 Å². The van der Waals surface area contributed by atoms with E-state index in [1.165, 1.54) is 5.56 Å². The highest BCUT2D eigenvalue weighted by molar-refractivity contribution is 9.10. The van der Waals surface area contributed by atoms with Crippen molar-refractivity contribution in [2.24, 2.45) is 0 Å². The van der Waals surface area contributed by atoms with Crippen LogP contribution in [0.2, 0.25) is 0 Å². The Morgan fingerprint density at radius 1 is 1.37 bits per heavy atom. The van der Waals surface area contributed by atoms with E-state index in [4.69, 9.17) is 0 Å². The van der Waals surface area contributed by atoms with Gasteiger partial charge in [0, 0.05) is 30.7 Å². The molecule has 2 aromatic heterocycles. The Kier molecular flexibility index (Phi) is 5.10. The molecule has 2 heterocycles. The average molecular weight is 323 g/mol. The van der Waals surface area contributed by atoms with Crippen LogP contribution in [0.3, 0.4) is 0 Å². The van der Waals surface area contributed by atoms with E-state index < -0.39 is 0 Å². The number of hydrogen-bond acceptors (Lipinski definition) is 3. The first-order chi connectivity index (χ1) is 9.19. The second-order valence-electron chi connectivity index (χ2n) is 4.69. The van der Waals surface area contributed by atoms with Crippen molar-refractivity contribution in [3.8, 4) is 0 Å². The standard InChI is InChI=1S/C14H19BrN4/c1-3-14(12-4-6-16-7-5-12)18-11(2)9-19-10-13(15)8-17-19/h4-8,10-11,14,18H,3,9H2,1-2H3/t11-,14-/m1/s1. The van der Waals surface area contributed by atoms with Crippen molar-refractivity contribution < 1.29 is 0 Å². The van der Waals surface area contributed by atoms with Gasteiger partial charge in [-0.2, -0.15) is 5.10 Å². The SMILES string of the molecule is CC[C@@H](N[C@H](C)Cn1cc(Br)cn1)c1ccncc1. The van der Waals surface area contributed by atoms with Crippen LogP contribution < -0.4 is 5.32 Å². The van der Waals surface area contributed by atoms with Gasteiger partial charge in [-0.3, -0.25) is 9.67 Å². The Labute approximate surface area is 122 Å². The molecule has 0 aromatic carbocycles. The van der Waals surface area contributed by atoms with Crippen LogP contribution in [0, 0.1) is 0 Å². The molecule has 5 heteroatoms. The zero-order valence-corrected chi connectivity index (χ0v) is 12.8. The van der Waals surface area contributed by atoms with E-state index >= 15 is 0 Å². The lowest BCUT2D eigenvalue weighted by atomic mass is 10.1. The third-order valence-corrected chi connectivity index (χ3v) is 3.47. The molecule has 0 bridgehead atoms. The maximum atomic E-state index is 4.28. The van der Waals surface area contributed by atoms with Gasteiger partial charge in [0.2, 0.25) is 0 Å². The highest BCUT2D eigenvalue weighted by Crippen LogP contribution is 2.16. The van der Waals surface area contributed by atoms with Gasteiger partial charge in [0.1, 0.15) is 0 Å². The number of nitrogens with zero attached hydrogens (tertiary/aromatic N) is 3. The van der Waals surface area contributed by atoms with E-state index in [-0.39, 0.29) is 0 Å². The van der Waals surface area contributed by atoms with Crippen LogP contribution in [0.25, 0.3) is 0 Å². The highest BCUT2D eigenvalue weighted by Gasteiger charge is 2.12. The molecule has 19 heavy (non-hydrogen) atoms. The van der Waals surface area contributed by atoms with Crippen molar-refractivity contribution in [2.75, 3.05) is 0 Å². The number of rotatable bonds is 6. The van der Waals surface area contributed by atoms with Gasteiger partial charge in [-0.25, -0.2) is 0 Å². The Bertz CT molecular complexity index is 497. The van der Waals surface area contributed by atoms with Crippen LogP contribution in [0.1, 0.15) is 31.9 Å². The van der Waals surface area contributed by atoms with E-state index in [1.807, 2.05) is 29.5 Å². The molecule has 1 N–H and O–H groups in total. The molecule has 0 fully saturated rings. The molecule has 0 aliphatic rings. The number of hydrogen-bond donors (Lipinski definition) is 1. The van der Waals surface area contributed by atoms with Crippen molar-refractivity contribution in [1.29, 1.82) is 0 Å². The van der Waals surface area contributed by atoms with Gasteiger partial charge in [-0.1, -0.05) is 6.92 Å². The predicted molar refractivity (Wildman–Crippen MR) is 79.8 cm³/mol. The molecule has 0 spiro atoms. The van der Waals surface area contributed by atoms with Crippen LogP contribution in [-0.2, 0) is 6.54 Å². The molecule has 0 saturated heterocycles. The Balaban J connectivity index is 1.95. The van der Waals surface area contributed by atoms with Gasteiger partial charge in [0.05, 0.1) is 17.2 Å². The fourth-order valence-corrected chi connectivity index (χ4v) is 2.49. The minimum absolute atomic E-state index is 0.352. The topological polar surface area (TPSA) is 42.7 Å². The van der Waals surface area contributed by atoms with Gasteiger partial charge < -0.3 is 5.32 Å². The van der Waals surface area contributed by atoms with E-state index in [1.54, 1.807) is 0 Å². The number of nitrogens with one attached hydrogen (secondary N) is 1. The first-order valence-electron chi connectivity index (χ1n) is 6.53. The first kappa shape index (κ1) is 14.2. The van der Waals surface area contributed by atoms with E-state index in [2.05, 4.69) is 57.3 Å². The molecule has 0 unspecified atom stereocenters. The van der Waals surface area contributed by atoms with Crippen molar-refractivity contribution in [2.45, 2.75) is 38.9 Å². The van der Waals surface area contributed by atoms with Crippen molar-refractivity contribution in [1.82, 2.24) is 20.1 Å². The van der Waals surface area contributed by atoms with E-state index in [0.29, 0.717) is 12.1 Å². The minimum atomic E-state index is 0.352. The lowest BCUT2D eigenvalue weighted by molar-refractivity contribution is 0.393. The minimum Gasteiger partial charge on any atom is -0.306 e. The summed E-state index contributed by atoms with van der Waals surface area (Å²) in [4.78, 5) is 4.06. The zero-order valence-electron chi connectivity index (χ0n) is 11.3. The van der Waals surface area contributed by atoms with Crippen molar-refractivity contribution >= 4 is 15.9 Å². The zero-order chi connectivity index (χ0) is 13.7. The van der Waals surface area contributed by atoms with Crippen LogP contribution >= 0.6 is 15.9 Å². The fourth-order valence-electron chi connectivity index (χ4n) is 2.16. The van der Waals surface area contributed by atoms with Crippen LogP contribution in [0.4, 0.5) is 0 Å². The van der Waals surface area contributed by atoms with Crippen molar-refractivity contribution in [3.05, 3.63) is 47.0 Å². The van der Waals surface area contributed by atoms with Gasteiger partial charge in [0.15, 0.2) is 0 Å². The van der Waals surface area contributed by atoms with Gasteiger partial charge in [0.25, 0.3) is 0 Å². The summed E-state index contributed by atoms with van der Waals surface area (Å²) < 4.78 is 2.96. The largest absolute Gasteiger partial charge is 0.306 e. The fraction of sp³-hybridized carbons (Fsp3) is 0.429. The Hall–Kier alpha value is -1.20. The molecule has 0 amide bonds. The second kappa shape index (κ2) is 6.82. The van der Waals surface area contributed by atoms with Gasteiger partial charge in [-0.15, -0.1) is 0 Å². The lowest BCUT2D eigenvalue weighted by Gasteiger charge is -2.22. The molecule has 2 atom stereocenters. The lowest BCUT2D eigenvalue weighted by Crippen LogP contribution is -2.33. The molecule has 0 aliphatic carbocycles. The summed E-state index contributed by atoms with van der Waals surface area (Å²) in [6.45, 7) is 5.22. The van der Waals surface area contributed by atoms with Gasteiger partial charge >= 0.3 is 0 Å². The molecule has 4 nitrogen and oxygen atoms in total. The number of halogens is 1. The second-order valence-corrected chi connectivity index (χ2v) is 5.61. The molecule has 0 aliphatic heterocycles. The number of pyridine rings is 1. The summed E-state index contributed by atoms with van der Waals surface area (Å²) in [5, 5.41) is 7.92. The molecule has 2 aromatic rings. The summed E-state index contributed by atoms with van der Waals surface area (Å²) >= 11 is 3.41. The summed E-state index contributed by atoms with van der Waals surface area (Å²) in [7, 11) is 0. The van der Waals surface area contributed by atoms with Gasteiger partial charge in [-0.05, 0) is 47.0 Å². The van der Waals surface area contributed by atoms with Crippen LogP contribution in [0.15, 0.2) is 41.4 Å². The summed E-state index contributed by atoms with van der Waals surface area (Å²) in [5.74, 6) is 0. The number of aromatic nitrogens is 3. The summed E-state index contributed by atoms with van der Waals surface area (Å²) in [6, 6.07) is 4.85. The predicted octanol–water partition coefficient (Wildman–Crippen LogP) is 3.17. The third-order valence-electron chi connectivity index (χ3n) is 3.07. The quantitative estimate of drug-likeness (QED) is 0.888. The van der Waals surface area contributed by atoms with Crippen LogP contribution in [-0.4, -0.2) is 20.8 Å². The summed E-state index contributed by atoms with van der Waals surface area (Å²) in [6.07, 6.45) is 8.54. The Morgan fingerprint density at radius 2 is 2.11 bits per heavy atom. The maximum Gasteiger partial charge on any atom is 0.0632 e. The smallest absolute Gasteiger partial charge is 0.0632 e. The van der Waals surface area contributed by atoms with E-state index in [0.717, 1.165) is 17.4 Å². The summed E-state index contributed by atoms with van der Waals surface area (Å²) in [5.41, 5.74) is 1.28. The molecule has 0 radical (unpaired) electrons. The molecular weight excluding hydrogens is 304 g/mol. The molecular formula is C14H19BrN4. The van der Waals surface area contributed by atoms with Crippen LogP contribution in [0.5, 0.6) is 0 Å².